The monoisotopic (exact) mass is 261 g/mol. The summed E-state index contributed by atoms with van der Waals surface area (Å²) in [6.45, 7) is 3.96. The van der Waals surface area contributed by atoms with Crippen molar-refractivity contribution in [3.05, 3.63) is 30.1 Å². The predicted octanol–water partition coefficient (Wildman–Crippen LogP) is 1.42. The van der Waals surface area contributed by atoms with Crippen LogP contribution in [-0.4, -0.2) is 48.3 Å². The van der Waals surface area contributed by atoms with Crippen molar-refractivity contribution in [1.29, 1.82) is 0 Å². The number of piperidine rings is 1. The molecule has 2 saturated heterocycles. The molecule has 19 heavy (non-hydrogen) atoms. The second kappa shape index (κ2) is 5.57. The molecule has 0 saturated carbocycles. The Kier molecular flexibility index (Phi) is 3.82. The molecule has 0 bridgehead atoms. The number of nitrogens with one attached hydrogen (secondary N) is 1. The van der Waals surface area contributed by atoms with Crippen molar-refractivity contribution in [3.63, 3.8) is 0 Å². The van der Waals surface area contributed by atoms with E-state index in [1.54, 1.807) is 0 Å². The SMILES string of the molecule is CN(Cc1ccccn1)[C@@H]1COC2(CCNCC2)C1. The van der Waals surface area contributed by atoms with E-state index in [2.05, 4.69) is 34.4 Å². The van der Waals surface area contributed by atoms with Gasteiger partial charge in [-0.1, -0.05) is 6.07 Å². The second-order valence-corrected chi connectivity index (χ2v) is 5.84. The molecule has 1 spiro atoms. The minimum atomic E-state index is 0.147. The maximum absolute atomic E-state index is 6.15. The molecule has 0 radical (unpaired) electrons. The first-order valence-electron chi connectivity index (χ1n) is 7.22. The maximum atomic E-state index is 6.15. The van der Waals surface area contributed by atoms with Gasteiger partial charge in [0.25, 0.3) is 0 Å². The molecule has 4 nitrogen and oxygen atoms in total. The normalized spacial score (nSPS) is 26.1. The number of rotatable bonds is 3. The molecule has 4 heteroatoms. The Morgan fingerprint density at radius 2 is 2.26 bits per heavy atom. The molecule has 0 amide bonds. The average Bonchev–Trinajstić information content (AvgIpc) is 2.85. The summed E-state index contributed by atoms with van der Waals surface area (Å²) in [4.78, 5) is 6.79. The minimum absolute atomic E-state index is 0.147. The van der Waals surface area contributed by atoms with E-state index in [4.69, 9.17) is 4.74 Å². The van der Waals surface area contributed by atoms with E-state index in [9.17, 15) is 0 Å². The summed E-state index contributed by atoms with van der Waals surface area (Å²) in [6, 6.07) is 6.63. The van der Waals surface area contributed by atoms with Crippen LogP contribution in [0, 0.1) is 0 Å². The summed E-state index contributed by atoms with van der Waals surface area (Å²) in [5.41, 5.74) is 1.28. The molecule has 1 aromatic heterocycles. The van der Waals surface area contributed by atoms with Crippen molar-refractivity contribution >= 4 is 0 Å². The number of pyridine rings is 1. The Balaban J connectivity index is 1.58. The smallest absolute Gasteiger partial charge is 0.0723 e. The molecule has 0 unspecified atom stereocenters. The molecule has 2 aliphatic heterocycles. The number of ether oxygens (including phenoxy) is 1. The Bertz CT molecular complexity index is 403. The number of hydrogen-bond donors (Lipinski definition) is 1. The second-order valence-electron chi connectivity index (χ2n) is 5.84. The summed E-state index contributed by atoms with van der Waals surface area (Å²) >= 11 is 0. The number of aromatic nitrogens is 1. The summed E-state index contributed by atoms with van der Waals surface area (Å²) in [6.07, 6.45) is 5.34. The van der Waals surface area contributed by atoms with Crippen LogP contribution < -0.4 is 5.32 Å². The van der Waals surface area contributed by atoms with Gasteiger partial charge in [0.15, 0.2) is 0 Å². The van der Waals surface area contributed by atoms with Crippen molar-refractivity contribution in [2.75, 3.05) is 26.7 Å². The van der Waals surface area contributed by atoms with E-state index in [-0.39, 0.29) is 5.60 Å². The molecule has 0 aliphatic carbocycles. The van der Waals surface area contributed by atoms with Crippen LogP contribution in [0.5, 0.6) is 0 Å². The molecule has 1 aromatic rings. The van der Waals surface area contributed by atoms with Crippen LogP contribution in [0.1, 0.15) is 25.0 Å². The summed E-state index contributed by atoms with van der Waals surface area (Å²) in [5.74, 6) is 0. The highest BCUT2D eigenvalue weighted by atomic mass is 16.5. The first-order valence-corrected chi connectivity index (χ1v) is 7.22. The van der Waals surface area contributed by atoms with Crippen LogP contribution in [0.15, 0.2) is 24.4 Å². The van der Waals surface area contributed by atoms with Gasteiger partial charge >= 0.3 is 0 Å². The number of nitrogens with zero attached hydrogens (tertiary/aromatic N) is 2. The van der Waals surface area contributed by atoms with Crippen LogP contribution in [0.3, 0.4) is 0 Å². The molecule has 3 rings (SSSR count). The third kappa shape index (κ3) is 2.96. The lowest BCUT2D eigenvalue weighted by molar-refractivity contribution is -0.0201. The molecular formula is C15H23N3O. The number of likely N-dealkylation sites (N-methyl/N-ethyl adjacent to an activating group) is 1. The highest BCUT2D eigenvalue weighted by Crippen LogP contribution is 2.35. The van der Waals surface area contributed by atoms with Crippen molar-refractivity contribution < 1.29 is 4.74 Å². The average molecular weight is 261 g/mol. The van der Waals surface area contributed by atoms with E-state index < -0.39 is 0 Å². The van der Waals surface area contributed by atoms with Crippen molar-refractivity contribution in [3.8, 4) is 0 Å². The van der Waals surface area contributed by atoms with Gasteiger partial charge in [-0.3, -0.25) is 9.88 Å². The van der Waals surface area contributed by atoms with Gasteiger partial charge in [0.05, 0.1) is 17.9 Å². The van der Waals surface area contributed by atoms with E-state index in [0.717, 1.165) is 51.2 Å². The molecule has 3 heterocycles. The summed E-state index contributed by atoms with van der Waals surface area (Å²) < 4.78 is 6.15. The van der Waals surface area contributed by atoms with Gasteiger partial charge < -0.3 is 10.1 Å². The van der Waals surface area contributed by atoms with Crippen LogP contribution in [0.25, 0.3) is 0 Å². The van der Waals surface area contributed by atoms with Gasteiger partial charge in [0.2, 0.25) is 0 Å². The fourth-order valence-electron chi connectivity index (χ4n) is 3.21. The highest BCUT2D eigenvalue weighted by molar-refractivity contribution is 5.04. The van der Waals surface area contributed by atoms with Crippen LogP contribution in [-0.2, 0) is 11.3 Å². The lowest BCUT2D eigenvalue weighted by atomic mass is 9.88. The topological polar surface area (TPSA) is 37.4 Å². The molecule has 2 fully saturated rings. The zero-order chi connectivity index (χ0) is 13.1. The Hall–Kier alpha value is -0.970. The van der Waals surface area contributed by atoms with Gasteiger partial charge in [-0.25, -0.2) is 0 Å². The Labute approximate surface area is 115 Å². The number of hydrogen-bond acceptors (Lipinski definition) is 4. The van der Waals surface area contributed by atoms with Crippen LogP contribution in [0.2, 0.25) is 0 Å². The summed E-state index contributed by atoms with van der Waals surface area (Å²) in [5, 5.41) is 3.42. The van der Waals surface area contributed by atoms with Gasteiger partial charge in [-0.15, -0.1) is 0 Å². The van der Waals surface area contributed by atoms with Gasteiger partial charge in [-0.05, 0) is 51.5 Å². The first kappa shape index (κ1) is 13.0. The fraction of sp³-hybridized carbons (Fsp3) is 0.667. The zero-order valence-corrected chi connectivity index (χ0v) is 11.6. The van der Waals surface area contributed by atoms with Gasteiger partial charge in [-0.2, -0.15) is 0 Å². The maximum Gasteiger partial charge on any atom is 0.0723 e. The lowest BCUT2D eigenvalue weighted by Gasteiger charge is -2.33. The van der Waals surface area contributed by atoms with Crippen molar-refractivity contribution in [2.24, 2.45) is 0 Å². The highest BCUT2D eigenvalue weighted by Gasteiger charge is 2.42. The standard InChI is InChI=1S/C15H23N3O/c1-18(11-13-4-2-3-7-17-13)14-10-15(19-12-14)5-8-16-9-6-15/h2-4,7,14,16H,5-6,8-12H2,1H3/t14-/m0/s1. The van der Waals surface area contributed by atoms with Crippen molar-refractivity contribution in [2.45, 2.75) is 37.5 Å². The third-order valence-electron chi connectivity index (χ3n) is 4.47. The van der Waals surface area contributed by atoms with E-state index >= 15 is 0 Å². The quantitative estimate of drug-likeness (QED) is 0.893. The van der Waals surface area contributed by atoms with Crippen LogP contribution in [0.4, 0.5) is 0 Å². The molecule has 1 N–H and O–H groups in total. The molecular weight excluding hydrogens is 238 g/mol. The van der Waals surface area contributed by atoms with Gasteiger partial charge in [0, 0.05) is 18.8 Å². The molecule has 104 valence electrons. The van der Waals surface area contributed by atoms with E-state index in [1.807, 2.05) is 12.3 Å². The van der Waals surface area contributed by atoms with Gasteiger partial charge in [0.1, 0.15) is 0 Å². The fourth-order valence-corrected chi connectivity index (χ4v) is 3.21. The third-order valence-corrected chi connectivity index (χ3v) is 4.47. The van der Waals surface area contributed by atoms with E-state index in [1.165, 1.54) is 0 Å². The molecule has 1 atom stereocenters. The largest absolute Gasteiger partial charge is 0.373 e. The zero-order valence-electron chi connectivity index (χ0n) is 11.6. The predicted molar refractivity (Wildman–Crippen MR) is 74.9 cm³/mol. The van der Waals surface area contributed by atoms with Crippen molar-refractivity contribution in [1.82, 2.24) is 15.2 Å². The lowest BCUT2D eigenvalue weighted by Crippen LogP contribution is -2.42. The molecule has 0 aromatic carbocycles. The first-order chi connectivity index (χ1) is 9.27. The summed E-state index contributed by atoms with van der Waals surface area (Å²) in [7, 11) is 2.18. The Morgan fingerprint density at radius 1 is 1.42 bits per heavy atom. The Morgan fingerprint density at radius 3 is 3.00 bits per heavy atom. The molecule has 2 aliphatic rings. The van der Waals surface area contributed by atoms with E-state index in [0.29, 0.717) is 6.04 Å². The van der Waals surface area contributed by atoms with Crippen LogP contribution >= 0.6 is 0 Å². The minimum Gasteiger partial charge on any atom is -0.373 e.